The fraction of sp³-hybridized carbons (Fsp3) is 0.750. The maximum Gasteiger partial charge on any atom is 0.0954 e. The van der Waals surface area contributed by atoms with Crippen LogP contribution in [0.1, 0.15) is 43.6 Å². The van der Waals surface area contributed by atoms with Gasteiger partial charge in [0.2, 0.25) is 0 Å². The Kier molecular flexibility index (Phi) is 2.28. The molecule has 1 fully saturated rings. The molecule has 0 saturated heterocycles. The van der Waals surface area contributed by atoms with Gasteiger partial charge in [0, 0.05) is 31.2 Å². The topological polar surface area (TPSA) is 29.9 Å². The zero-order valence-corrected chi connectivity index (χ0v) is 9.37. The van der Waals surface area contributed by atoms with E-state index in [-0.39, 0.29) is 0 Å². The number of aromatic nitrogens is 2. The van der Waals surface area contributed by atoms with Crippen molar-refractivity contribution in [3.8, 4) is 0 Å². The van der Waals surface area contributed by atoms with Gasteiger partial charge in [-0.3, -0.25) is 0 Å². The highest BCUT2D eigenvalue weighted by Crippen LogP contribution is 2.35. The first-order valence-electron chi connectivity index (χ1n) is 6.10. The summed E-state index contributed by atoms with van der Waals surface area (Å²) in [6, 6.07) is 0.731. The van der Waals surface area contributed by atoms with E-state index < -0.39 is 0 Å². The van der Waals surface area contributed by atoms with Gasteiger partial charge in [0.1, 0.15) is 0 Å². The van der Waals surface area contributed by atoms with Gasteiger partial charge in [-0.25, -0.2) is 4.98 Å². The molecular weight excluding hydrogens is 186 g/mol. The highest BCUT2D eigenvalue weighted by atomic mass is 15.1. The number of imidazole rings is 1. The summed E-state index contributed by atoms with van der Waals surface area (Å²) < 4.78 is 2.46. The molecule has 0 bridgehead atoms. The van der Waals surface area contributed by atoms with E-state index in [1.54, 1.807) is 0 Å². The number of rotatable bonds is 1. The third-order valence-corrected chi connectivity index (χ3v) is 3.87. The molecule has 2 aliphatic rings. The number of fused-ring (bicyclic) bond motifs is 1. The zero-order valence-electron chi connectivity index (χ0n) is 9.37. The monoisotopic (exact) mass is 205 g/mol. The minimum Gasteiger partial charge on any atom is -0.331 e. The molecule has 82 valence electrons. The summed E-state index contributed by atoms with van der Waals surface area (Å²) in [5.41, 5.74) is 2.77. The lowest BCUT2D eigenvalue weighted by Gasteiger charge is -2.19. The van der Waals surface area contributed by atoms with Crippen LogP contribution in [0.3, 0.4) is 0 Å². The van der Waals surface area contributed by atoms with E-state index in [4.69, 9.17) is 0 Å². The van der Waals surface area contributed by atoms with Gasteiger partial charge in [0.15, 0.2) is 0 Å². The minimum atomic E-state index is 0.731. The van der Waals surface area contributed by atoms with Crippen LogP contribution in [0.4, 0.5) is 0 Å². The average molecular weight is 205 g/mol. The van der Waals surface area contributed by atoms with Crippen molar-refractivity contribution in [2.24, 2.45) is 5.92 Å². The molecule has 15 heavy (non-hydrogen) atoms. The van der Waals surface area contributed by atoms with E-state index in [0.29, 0.717) is 0 Å². The molecule has 1 aromatic rings. The lowest BCUT2D eigenvalue weighted by Crippen LogP contribution is -2.25. The Hall–Kier alpha value is -0.830. The molecule has 0 spiro atoms. The number of nitrogens with one attached hydrogen (secondary N) is 1. The summed E-state index contributed by atoms with van der Waals surface area (Å²) in [7, 11) is 0. The van der Waals surface area contributed by atoms with Crippen LogP contribution in [0.15, 0.2) is 6.33 Å². The molecule has 2 atom stereocenters. The molecule has 0 amide bonds. The zero-order chi connectivity index (χ0) is 10.3. The fourth-order valence-corrected chi connectivity index (χ4v) is 3.00. The van der Waals surface area contributed by atoms with Crippen molar-refractivity contribution in [3.05, 3.63) is 17.7 Å². The largest absolute Gasteiger partial charge is 0.331 e. The molecule has 1 aliphatic heterocycles. The van der Waals surface area contributed by atoms with Crippen molar-refractivity contribution in [2.45, 2.75) is 45.2 Å². The van der Waals surface area contributed by atoms with Crippen molar-refractivity contribution < 1.29 is 0 Å². The van der Waals surface area contributed by atoms with Crippen molar-refractivity contribution in [1.29, 1.82) is 0 Å². The van der Waals surface area contributed by atoms with Gasteiger partial charge in [-0.1, -0.05) is 6.92 Å². The van der Waals surface area contributed by atoms with Crippen LogP contribution in [0, 0.1) is 5.92 Å². The van der Waals surface area contributed by atoms with Crippen LogP contribution in [-0.4, -0.2) is 16.1 Å². The van der Waals surface area contributed by atoms with Crippen LogP contribution in [0.5, 0.6) is 0 Å². The van der Waals surface area contributed by atoms with E-state index in [9.17, 15) is 0 Å². The molecule has 0 radical (unpaired) electrons. The fourth-order valence-electron chi connectivity index (χ4n) is 3.00. The summed E-state index contributed by atoms with van der Waals surface area (Å²) in [4.78, 5) is 4.53. The lowest BCUT2D eigenvalue weighted by atomic mass is 10.1. The third-order valence-electron chi connectivity index (χ3n) is 3.87. The highest BCUT2D eigenvalue weighted by Gasteiger charge is 2.26. The maximum atomic E-state index is 4.53. The van der Waals surface area contributed by atoms with Crippen LogP contribution in [0.2, 0.25) is 0 Å². The Balaban J connectivity index is 1.88. The Morgan fingerprint density at radius 1 is 1.47 bits per heavy atom. The first kappa shape index (κ1) is 9.40. The van der Waals surface area contributed by atoms with Gasteiger partial charge in [0.05, 0.1) is 12.0 Å². The molecule has 3 heteroatoms. The molecule has 1 saturated carbocycles. The Labute approximate surface area is 90.9 Å². The third kappa shape index (κ3) is 1.59. The van der Waals surface area contributed by atoms with Gasteiger partial charge in [-0.05, 0) is 25.2 Å². The molecule has 1 aliphatic carbocycles. The quantitative estimate of drug-likeness (QED) is 0.758. The second-order valence-corrected chi connectivity index (χ2v) is 5.04. The maximum absolute atomic E-state index is 4.53. The van der Waals surface area contributed by atoms with E-state index in [0.717, 1.165) is 31.5 Å². The summed E-state index contributed by atoms with van der Waals surface area (Å²) in [5, 5.41) is 3.38. The van der Waals surface area contributed by atoms with Gasteiger partial charge in [-0.2, -0.15) is 0 Å². The highest BCUT2D eigenvalue weighted by molar-refractivity contribution is 5.17. The van der Waals surface area contributed by atoms with Gasteiger partial charge >= 0.3 is 0 Å². The smallest absolute Gasteiger partial charge is 0.0954 e. The van der Waals surface area contributed by atoms with E-state index >= 15 is 0 Å². The predicted octanol–water partition coefficient (Wildman–Crippen LogP) is 1.89. The van der Waals surface area contributed by atoms with Crippen molar-refractivity contribution in [2.75, 3.05) is 6.54 Å². The molecule has 3 nitrogen and oxygen atoms in total. The van der Waals surface area contributed by atoms with E-state index in [2.05, 4.69) is 28.1 Å². The lowest BCUT2D eigenvalue weighted by molar-refractivity contribution is 0.469. The van der Waals surface area contributed by atoms with E-state index in [1.165, 1.54) is 30.7 Å². The van der Waals surface area contributed by atoms with Gasteiger partial charge in [-0.15, -0.1) is 0 Å². The molecular formula is C12H19N3. The summed E-state index contributed by atoms with van der Waals surface area (Å²) >= 11 is 0. The second kappa shape index (κ2) is 3.63. The average Bonchev–Trinajstić information content (AvgIpc) is 2.83. The van der Waals surface area contributed by atoms with Crippen LogP contribution in [0.25, 0.3) is 0 Å². The Morgan fingerprint density at radius 2 is 2.40 bits per heavy atom. The normalized spacial score (nSPS) is 30.5. The van der Waals surface area contributed by atoms with Crippen LogP contribution in [-0.2, 0) is 13.0 Å². The molecule has 2 unspecified atom stereocenters. The summed E-state index contributed by atoms with van der Waals surface area (Å²) in [6.45, 7) is 4.44. The molecule has 0 aromatic carbocycles. The standard InChI is InChI=1S/C12H19N3/c1-9-2-3-10(6-9)15-8-14-11-7-13-5-4-12(11)15/h8-10,13H,2-7H2,1H3. The number of nitrogens with zero attached hydrogens (tertiary/aromatic N) is 2. The minimum absolute atomic E-state index is 0.731. The SMILES string of the molecule is CC1CCC(n2cnc3c2CCNC3)C1. The number of hydrogen-bond acceptors (Lipinski definition) is 2. The molecule has 1 N–H and O–H groups in total. The molecule has 3 rings (SSSR count). The Bertz CT molecular complexity index is 356. The van der Waals surface area contributed by atoms with Crippen LogP contribution < -0.4 is 5.32 Å². The summed E-state index contributed by atoms with van der Waals surface area (Å²) in [5.74, 6) is 0.898. The van der Waals surface area contributed by atoms with Crippen molar-refractivity contribution >= 4 is 0 Å². The predicted molar refractivity (Wildman–Crippen MR) is 59.7 cm³/mol. The molecule has 1 aromatic heterocycles. The van der Waals surface area contributed by atoms with Gasteiger partial charge in [0.25, 0.3) is 0 Å². The molecule has 2 heterocycles. The first-order valence-corrected chi connectivity index (χ1v) is 6.10. The second-order valence-electron chi connectivity index (χ2n) is 5.04. The first-order chi connectivity index (χ1) is 7.34. The summed E-state index contributed by atoms with van der Waals surface area (Å²) in [6.07, 6.45) is 7.30. The van der Waals surface area contributed by atoms with Gasteiger partial charge < -0.3 is 9.88 Å². The Morgan fingerprint density at radius 3 is 3.20 bits per heavy atom. The van der Waals surface area contributed by atoms with Crippen molar-refractivity contribution in [3.63, 3.8) is 0 Å². The van der Waals surface area contributed by atoms with Crippen molar-refractivity contribution in [1.82, 2.24) is 14.9 Å². The van der Waals surface area contributed by atoms with E-state index in [1.807, 2.05) is 0 Å². The van der Waals surface area contributed by atoms with Crippen LogP contribution >= 0.6 is 0 Å². The number of hydrogen-bond donors (Lipinski definition) is 1.